The molecule has 30 heavy (non-hydrogen) atoms. The summed E-state index contributed by atoms with van der Waals surface area (Å²) in [6, 6.07) is 3.91. The van der Waals surface area contributed by atoms with Crippen molar-refractivity contribution in [3.8, 4) is 10.8 Å². The minimum absolute atomic E-state index is 0.125. The minimum Gasteiger partial charge on any atom is -0.418 e. The highest BCUT2D eigenvalue weighted by atomic mass is 32.1. The number of aromatic nitrogens is 2. The van der Waals surface area contributed by atoms with Gasteiger partial charge in [0.25, 0.3) is 5.89 Å². The molecule has 2 aliphatic heterocycles. The van der Waals surface area contributed by atoms with E-state index < -0.39 is 0 Å². The maximum Gasteiger partial charge on any atom is 0.257 e. The highest BCUT2D eigenvalue weighted by Gasteiger charge is 2.25. The Labute approximate surface area is 181 Å². The standard InChI is InChI=1S/C21H31N5O3S/c1-2-7-26(15-19-22-23-21(29-19)18-6-4-13-30-18)20(27)16-25-10-8-24(9-11-25)14-17-5-3-12-28-17/h4,6,13,17H,2-3,5,7-12,14-16H2,1H3. The predicted molar refractivity (Wildman–Crippen MR) is 115 cm³/mol. The lowest BCUT2D eigenvalue weighted by molar-refractivity contribution is -0.133. The molecule has 0 saturated carbocycles. The lowest BCUT2D eigenvalue weighted by Gasteiger charge is -2.36. The minimum atomic E-state index is 0.125. The second-order valence-corrected chi connectivity index (χ2v) is 8.95. The van der Waals surface area contributed by atoms with Crippen LogP contribution in [0, 0.1) is 0 Å². The van der Waals surface area contributed by atoms with E-state index in [1.54, 1.807) is 11.3 Å². The molecule has 4 heterocycles. The molecule has 1 atom stereocenters. The first kappa shape index (κ1) is 21.4. The Morgan fingerprint density at radius 1 is 1.27 bits per heavy atom. The van der Waals surface area contributed by atoms with Crippen molar-refractivity contribution in [3.05, 3.63) is 23.4 Å². The number of hydrogen-bond donors (Lipinski definition) is 0. The first-order chi connectivity index (χ1) is 14.7. The van der Waals surface area contributed by atoms with Crippen LogP contribution in [0.5, 0.6) is 0 Å². The number of amides is 1. The van der Waals surface area contributed by atoms with Crippen LogP contribution in [0.4, 0.5) is 0 Å². The normalized spacial score (nSPS) is 20.6. The zero-order chi connectivity index (χ0) is 20.8. The van der Waals surface area contributed by atoms with Gasteiger partial charge in [0.05, 0.1) is 24.1 Å². The molecule has 1 amide bonds. The molecule has 2 aromatic heterocycles. The van der Waals surface area contributed by atoms with Crippen LogP contribution in [0.15, 0.2) is 21.9 Å². The van der Waals surface area contributed by atoms with Gasteiger partial charge in [-0.3, -0.25) is 14.6 Å². The second-order valence-electron chi connectivity index (χ2n) is 8.01. The monoisotopic (exact) mass is 433 g/mol. The first-order valence-electron chi connectivity index (χ1n) is 10.9. The third-order valence-corrected chi connectivity index (χ3v) is 6.54. The molecule has 1 unspecified atom stereocenters. The third kappa shape index (κ3) is 5.66. The van der Waals surface area contributed by atoms with Crippen molar-refractivity contribution in [1.82, 2.24) is 24.9 Å². The zero-order valence-corrected chi connectivity index (χ0v) is 18.5. The van der Waals surface area contributed by atoms with Crippen LogP contribution in [0.1, 0.15) is 32.1 Å². The van der Waals surface area contributed by atoms with E-state index in [1.165, 1.54) is 12.8 Å². The van der Waals surface area contributed by atoms with Crippen molar-refractivity contribution in [3.63, 3.8) is 0 Å². The Balaban J connectivity index is 1.26. The van der Waals surface area contributed by atoms with E-state index >= 15 is 0 Å². The summed E-state index contributed by atoms with van der Waals surface area (Å²) in [5.41, 5.74) is 0. The van der Waals surface area contributed by atoms with Crippen molar-refractivity contribution in [2.45, 2.75) is 38.8 Å². The molecular formula is C21H31N5O3S. The summed E-state index contributed by atoms with van der Waals surface area (Å²) in [5, 5.41) is 10.3. The first-order valence-corrected chi connectivity index (χ1v) is 11.8. The van der Waals surface area contributed by atoms with Gasteiger partial charge < -0.3 is 14.1 Å². The number of rotatable bonds is 9. The molecule has 0 aliphatic carbocycles. The molecule has 2 aromatic rings. The van der Waals surface area contributed by atoms with E-state index in [-0.39, 0.29) is 5.91 Å². The number of piperazine rings is 1. The van der Waals surface area contributed by atoms with Crippen LogP contribution in [0.25, 0.3) is 10.8 Å². The molecule has 0 radical (unpaired) electrons. The molecule has 9 heteroatoms. The molecule has 0 aromatic carbocycles. The molecule has 0 N–H and O–H groups in total. The van der Waals surface area contributed by atoms with Crippen molar-refractivity contribution in [2.75, 3.05) is 52.4 Å². The fourth-order valence-corrected chi connectivity index (χ4v) is 4.68. The number of carbonyl (C=O) groups is 1. The van der Waals surface area contributed by atoms with E-state index in [1.807, 2.05) is 22.4 Å². The number of hydrogen-bond acceptors (Lipinski definition) is 8. The molecule has 2 saturated heterocycles. The van der Waals surface area contributed by atoms with E-state index in [0.29, 0.717) is 37.5 Å². The van der Waals surface area contributed by atoms with Gasteiger partial charge in [0.15, 0.2) is 0 Å². The van der Waals surface area contributed by atoms with Gasteiger partial charge in [0, 0.05) is 45.9 Å². The quantitative estimate of drug-likeness (QED) is 0.601. The highest BCUT2D eigenvalue weighted by Crippen LogP contribution is 2.23. The average molecular weight is 434 g/mol. The van der Waals surface area contributed by atoms with Crippen LogP contribution >= 0.6 is 11.3 Å². The fraction of sp³-hybridized carbons (Fsp3) is 0.667. The smallest absolute Gasteiger partial charge is 0.257 e. The molecule has 4 rings (SSSR count). The topological polar surface area (TPSA) is 74.9 Å². The molecular weight excluding hydrogens is 402 g/mol. The SMILES string of the molecule is CCCN(Cc1nnc(-c2cccs2)o1)C(=O)CN1CCN(CC2CCCO2)CC1. The van der Waals surface area contributed by atoms with Gasteiger partial charge in [0.1, 0.15) is 0 Å². The fourth-order valence-electron chi connectivity index (χ4n) is 4.04. The van der Waals surface area contributed by atoms with Gasteiger partial charge in [-0.15, -0.1) is 21.5 Å². The van der Waals surface area contributed by atoms with Crippen LogP contribution in [0.2, 0.25) is 0 Å². The summed E-state index contributed by atoms with van der Waals surface area (Å²) in [7, 11) is 0. The van der Waals surface area contributed by atoms with Gasteiger partial charge in [0.2, 0.25) is 11.8 Å². The third-order valence-electron chi connectivity index (χ3n) is 5.68. The van der Waals surface area contributed by atoms with Gasteiger partial charge in [-0.1, -0.05) is 13.0 Å². The molecule has 8 nitrogen and oxygen atoms in total. The Morgan fingerprint density at radius 3 is 2.80 bits per heavy atom. The van der Waals surface area contributed by atoms with Crippen LogP contribution in [0.3, 0.4) is 0 Å². The summed E-state index contributed by atoms with van der Waals surface area (Å²) in [4.78, 5) is 20.5. The predicted octanol–water partition coefficient (Wildman–Crippen LogP) is 2.33. The number of thiophene rings is 1. The van der Waals surface area contributed by atoms with Crippen molar-refractivity contribution in [1.29, 1.82) is 0 Å². The van der Waals surface area contributed by atoms with Crippen molar-refractivity contribution >= 4 is 17.2 Å². The highest BCUT2D eigenvalue weighted by molar-refractivity contribution is 7.13. The summed E-state index contributed by atoms with van der Waals surface area (Å²) < 4.78 is 11.5. The average Bonchev–Trinajstić information content (AvgIpc) is 3.52. The summed E-state index contributed by atoms with van der Waals surface area (Å²) in [5.74, 6) is 1.13. The molecule has 2 aliphatic rings. The summed E-state index contributed by atoms with van der Waals surface area (Å²) in [6.45, 7) is 9.33. The van der Waals surface area contributed by atoms with Crippen molar-refractivity contribution < 1.29 is 13.9 Å². The summed E-state index contributed by atoms with van der Waals surface area (Å²) in [6.07, 6.45) is 3.65. The van der Waals surface area contributed by atoms with E-state index in [2.05, 4.69) is 26.9 Å². The number of carbonyl (C=O) groups excluding carboxylic acids is 1. The number of ether oxygens (including phenoxy) is 1. The van der Waals surface area contributed by atoms with E-state index in [9.17, 15) is 4.79 Å². The van der Waals surface area contributed by atoms with E-state index in [0.717, 1.165) is 50.6 Å². The van der Waals surface area contributed by atoms with Gasteiger partial charge >= 0.3 is 0 Å². The van der Waals surface area contributed by atoms with Crippen LogP contribution < -0.4 is 0 Å². The Bertz CT molecular complexity index is 782. The molecule has 2 fully saturated rings. The zero-order valence-electron chi connectivity index (χ0n) is 17.7. The van der Waals surface area contributed by atoms with Gasteiger partial charge in [-0.05, 0) is 30.7 Å². The molecule has 0 spiro atoms. The summed E-state index contributed by atoms with van der Waals surface area (Å²) >= 11 is 1.56. The molecule has 164 valence electrons. The lowest BCUT2D eigenvalue weighted by Crippen LogP contribution is -2.51. The van der Waals surface area contributed by atoms with E-state index in [4.69, 9.17) is 9.15 Å². The lowest BCUT2D eigenvalue weighted by atomic mass is 10.2. The van der Waals surface area contributed by atoms with Crippen LogP contribution in [-0.4, -0.2) is 89.3 Å². The molecule has 0 bridgehead atoms. The maximum atomic E-state index is 13.0. The van der Waals surface area contributed by atoms with Gasteiger partial charge in [-0.25, -0.2) is 0 Å². The Kier molecular flexibility index (Phi) is 7.48. The van der Waals surface area contributed by atoms with Crippen LogP contribution in [-0.2, 0) is 16.1 Å². The number of nitrogens with zero attached hydrogens (tertiary/aromatic N) is 5. The second kappa shape index (κ2) is 10.5. The largest absolute Gasteiger partial charge is 0.418 e. The Morgan fingerprint density at radius 2 is 2.10 bits per heavy atom. The van der Waals surface area contributed by atoms with Crippen molar-refractivity contribution in [2.24, 2.45) is 0 Å². The Hall–Kier alpha value is -1.81. The maximum absolute atomic E-state index is 13.0. The van der Waals surface area contributed by atoms with Gasteiger partial charge in [-0.2, -0.15) is 0 Å².